The van der Waals surface area contributed by atoms with Gasteiger partial charge >= 0.3 is 0 Å². The molecule has 1 amide bonds. The zero-order chi connectivity index (χ0) is 19.4. The lowest BCUT2D eigenvalue weighted by Crippen LogP contribution is -2.36. The van der Waals surface area contributed by atoms with Gasteiger partial charge in [0.15, 0.2) is 0 Å². The van der Waals surface area contributed by atoms with Crippen LogP contribution in [-0.2, 0) is 4.79 Å². The molecule has 0 unspecified atom stereocenters. The van der Waals surface area contributed by atoms with E-state index in [2.05, 4.69) is 31.9 Å². The lowest BCUT2D eigenvalue weighted by molar-refractivity contribution is -0.117. The topological polar surface area (TPSA) is 57.8 Å². The Labute approximate surface area is 169 Å². The first-order valence-electron chi connectivity index (χ1n) is 9.37. The molecule has 1 fully saturated rings. The maximum absolute atomic E-state index is 12.5. The third-order valence-corrected chi connectivity index (χ3v) is 5.69. The molecule has 0 aliphatic heterocycles. The van der Waals surface area contributed by atoms with Crippen LogP contribution in [0.3, 0.4) is 0 Å². The van der Waals surface area contributed by atoms with Gasteiger partial charge in [-0.25, -0.2) is 0 Å². The molecule has 0 saturated heterocycles. The predicted molar refractivity (Wildman–Crippen MR) is 112 cm³/mol. The van der Waals surface area contributed by atoms with Crippen molar-refractivity contribution in [2.75, 3.05) is 0 Å². The van der Waals surface area contributed by atoms with E-state index in [0.717, 1.165) is 52.8 Å². The number of rotatable bonds is 4. The van der Waals surface area contributed by atoms with Gasteiger partial charge in [-0.15, -0.1) is 0 Å². The molecule has 0 bridgehead atoms. The average molecular weight is 426 g/mol. The predicted octanol–water partition coefficient (Wildman–Crippen LogP) is 5.21. The van der Waals surface area contributed by atoms with E-state index < -0.39 is 0 Å². The summed E-state index contributed by atoms with van der Waals surface area (Å²) in [5, 5.41) is 12.5. The molecule has 5 heteroatoms. The Morgan fingerprint density at radius 1 is 1.22 bits per heavy atom. The summed E-state index contributed by atoms with van der Waals surface area (Å²) in [6.07, 6.45) is 7.23. The molecule has 140 valence electrons. The van der Waals surface area contributed by atoms with Gasteiger partial charge in [0.05, 0.1) is 0 Å². The number of aryl methyl sites for hydroxylation is 1. The SMILES string of the molecule is Cc1cc(/C=C(\C#N)C(=O)NC2CCCCC2)c(C)n1-c1ccc(Br)cc1. The average Bonchev–Trinajstić information content (AvgIpc) is 2.94. The molecule has 27 heavy (non-hydrogen) atoms. The standard InChI is InChI=1S/C22H24BrN3O/c1-15-12-17(16(2)26(15)21-10-8-19(23)9-11-21)13-18(14-24)22(27)25-20-6-4-3-5-7-20/h8-13,20H,3-7H2,1-2H3,(H,25,27)/b18-13+. The summed E-state index contributed by atoms with van der Waals surface area (Å²) in [5.74, 6) is -0.266. The van der Waals surface area contributed by atoms with Crippen molar-refractivity contribution in [3.63, 3.8) is 0 Å². The first kappa shape index (κ1) is 19.4. The lowest BCUT2D eigenvalue weighted by atomic mass is 9.95. The number of benzene rings is 1. The molecule has 1 aliphatic rings. The molecule has 1 aromatic heterocycles. The van der Waals surface area contributed by atoms with Gasteiger partial charge in [0.1, 0.15) is 11.6 Å². The zero-order valence-corrected chi connectivity index (χ0v) is 17.3. The highest BCUT2D eigenvalue weighted by molar-refractivity contribution is 9.10. The number of nitrogens with zero attached hydrogens (tertiary/aromatic N) is 2. The van der Waals surface area contributed by atoms with Crippen LogP contribution in [0.25, 0.3) is 11.8 Å². The minimum Gasteiger partial charge on any atom is -0.349 e. The third kappa shape index (κ3) is 4.51. The van der Waals surface area contributed by atoms with Crippen molar-refractivity contribution in [2.24, 2.45) is 0 Å². The smallest absolute Gasteiger partial charge is 0.262 e. The van der Waals surface area contributed by atoms with E-state index in [-0.39, 0.29) is 17.5 Å². The molecule has 1 aliphatic carbocycles. The zero-order valence-electron chi connectivity index (χ0n) is 15.8. The molecule has 4 nitrogen and oxygen atoms in total. The highest BCUT2D eigenvalue weighted by Gasteiger charge is 2.19. The number of amides is 1. The maximum atomic E-state index is 12.5. The van der Waals surface area contributed by atoms with Gasteiger partial charge in [0.2, 0.25) is 0 Å². The highest BCUT2D eigenvalue weighted by Crippen LogP contribution is 2.24. The summed E-state index contributed by atoms with van der Waals surface area (Å²) in [6, 6.07) is 12.4. The van der Waals surface area contributed by atoms with Crippen LogP contribution < -0.4 is 5.32 Å². The Bertz CT molecular complexity index is 897. The lowest BCUT2D eigenvalue weighted by Gasteiger charge is -2.22. The van der Waals surface area contributed by atoms with Crippen LogP contribution in [-0.4, -0.2) is 16.5 Å². The largest absolute Gasteiger partial charge is 0.349 e. The van der Waals surface area contributed by atoms with Crippen LogP contribution in [0.15, 0.2) is 40.4 Å². The van der Waals surface area contributed by atoms with E-state index in [0.29, 0.717) is 0 Å². The number of carbonyl (C=O) groups is 1. The van der Waals surface area contributed by atoms with E-state index in [4.69, 9.17) is 0 Å². The first-order chi connectivity index (χ1) is 13.0. The van der Waals surface area contributed by atoms with Crippen molar-refractivity contribution in [3.8, 4) is 11.8 Å². The Hall–Kier alpha value is -2.32. The summed E-state index contributed by atoms with van der Waals surface area (Å²) < 4.78 is 3.16. The summed E-state index contributed by atoms with van der Waals surface area (Å²) in [4.78, 5) is 12.5. The fourth-order valence-corrected chi connectivity index (χ4v) is 4.00. The van der Waals surface area contributed by atoms with E-state index in [1.54, 1.807) is 6.08 Å². The van der Waals surface area contributed by atoms with Crippen LogP contribution in [0, 0.1) is 25.2 Å². The van der Waals surface area contributed by atoms with Crippen LogP contribution >= 0.6 is 15.9 Å². The van der Waals surface area contributed by atoms with E-state index >= 15 is 0 Å². The monoisotopic (exact) mass is 425 g/mol. The summed E-state index contributed by atoms with van der Waals surface area (Å²) in [5.41, 5.74) is 4.18. The van der Waals surface area contributed by atoms with Crippen LogP contribution in [0.5, 0.6) is 0 Å². The van der Waals surface area contributed by atoms with Gasteiger partial charge in [-0.05, 0) is 68.7 Å². The molecule has 1 N–H and O–H groups in total. The molecule has 1 saturated carbocycles. The summed E-state index contributed by atoms with van der Waals surface area (Å²) in [6.45, 7) is 4.04. The van der Waals surface area contributed by atoms with E-state index in [1.165, 1.54) is 6.42 Å². The number of hydrogen-bond acceptors (Lipinski definition) is 2. The van der Waals surface area contributed by atoms with Gasteiger partial charge in [0, 0.05) is 27.6 Å². The maximum Gasteiger partial charge on any atom is 0.262 e. The molecular formula is C22H24BrN3O. The molecule has 1 aromatic carbocycles. The highest BCUT2D eigenvalue weighted by atomic mass is 79.9. The van der Waals surface area contributed by atoms with Gasteiger partial charge in [-0.1, -0.05) is 35.2 Å². The van der Waals surface area contributed by atoms with Gasteiger partial charge in [-0.2, -0.15) is 5.26 Å². The second kappa shape index (κ2) is 8.58. The molecule has 1 heterocycles. The first-order valence-corrected chi connectivity index (χ1v) is 10.2. The van der Waals surface area contributed by atoms with Gasteiger partial charge in [-0.3, -0.25) is 4.79 Å². The fraction of sp³-hybridized carbons (Fsp3) is 0.364. The molecule has 2 aromatic rings. The molecule has 0 spiro atoms. The summed E-state index contributed by atoms with van der Waals surface area (Å²) >= 11 is 3.46. The third-order valence-electron chi connectivity index (χ3n) is 5.16. The number of hydrogen-bond donors (Lipinski definition) is 1. The van der Waals surface area contributed by atoms with Crippen molar-refractivity contribution in [1.29, 1.82) is 5.26 Å². The van der Waals surface area contributed by atoms with Crippen LogP contribution in [0.1, 0.15) is 49.1 Å². The number of nitriles is 1. The van der Waals surface area contributed by atoms with Crippen LogP contribution in [0.4, 0.5) is 0 Å². The van der Waals surface area contributed by atoms with Crippen molar-refractivity contribution in [1.82, 2.24) is 9.88 Å². The number of nitrogens with one attached hydrogen (secondary N) is 1. The quantitative estimate of drug-likeness (QED) is 0.539. The fourth-order valence-electron chi connectivity index (χ4n) is 3.74. The Kier molecular flexibility index (Phi) is 6.18. The van der Waals surface area contributed by atoms with E-state index in [9.17, 15) is 10.1 Å². The Morgan fingerprint density at radius 2 is 1.89 bits per heavy atom. The van der Waals surface area contributed by atoms with Gasteiger partial charge < -0.3 is 9.88 Å². The number of aromatic nitrogens is 1. The Balaban J connectivity index is 1.86. The second-order valence-corrected chi connectivity index (χ2v) is 8.03. The van der Waals surface area contributed by atoms with Crippen molar-refractivity contribution >= 4 is 27.9 Å². The minimum absolute atomic E-state index is 0.164. The number of halogens is 1. The molecule has 0 radical (unpaired) electrons. The normalized spacial score (nSPS) is 15.4. The Morgan fingerprint density at radius 3 is 2.52 bits per heavy atom. The van der Waals surface area contributed by atoms with Crippen molar-refractivity contribution < 1.29 is 4.79 Å². The molecule has 0 atom stereocenters. The molecule has 3 rings (SSSR count). The number of carbonyl (C=O) groups excluding carboxylic acids is 1. The molecular weight excluding hydrogens is 402 g/mol. The second-order valence-electron chi connectivity index (χ2n) is 7.12. The van der Waals surface area contributed by atoms with Crippen molar-refractivity contribution in [3.05, 3.63) is 57.3 Å². The van der Waals surface area contributed by atoms with Crippen molar-refractivity contribution in [2.45, 2.75) is 52.0 Å². The minimum atomic E-state index is -0.266. The van der Waals surface area contributed by atoms with Gasteiger partial charge in [0.25, 0.3) is 5.91 Å². The van der Waals surface area contributed by atoms with Crippen LogP contribution in [0.2, 0.25) is 0 Å². The van der Waals surface area contributed by atoms with E-state index in [1.807, 2.05) is 44.2 Å². The summed E-state index contributed by atoms with van der Waals surface area (Å²) in [7, 11) is 0.